The van der Waals surface area contributed by atoms with Gasteiger partial charge in [0.05, 0.1) is 19.3 Å². The smallest absolute Gasteiger partial charge is 0.0609 e. The number of allylic oxidation sites excluding steroid dienone is 2. The summed E-state index contributed by atoms with van der Waals surface area (Å²) < 4.78 is 0. The minimum absolute atomic E-state index is 0.0291. The maximum absolute atomic E-state index is 9.35. The molecule has 0 bridgehead atoms. The number of likely N-dealkylation sites (tertiary alicyclic amines) is 1. The summed E-state index contributed by atoms with van der Waals surface area (Å²) in [5.41, 5.74) is 11.2. The van der Waals surface area contributed by atoms with Crippen LogP contribution >= 0.6 is 0 Å². The number of nitrogen functional groups attached to an aromatic ring is 1. The fourth-order valence-corrected chi connectivity index (χ4v) is 4.08. The maximum Gasteiger partial charge on any atom is 0.0609 e. The third kappa shape index (κ3) is 3.82. The van der Waals surface area contributed by atoms with E-state index in [1.807, 2.05) is 0 Å². The van der Waals surface area contributed by atoms with Gasteiger partial charge in [-0.3, -0.25) is 4.90 Å². The van der Waals surface area contributed by atoms with Crippen molar-refractivity contribution in [2.24, 2.45) is 0 Å². The summed E-state index contributed by atoms with van der Waals surface area (Å²) in [6.45, 7) is 1.92. The second-order valence-electron chi connectivity index (χ2n) is 7.15. The Bertz CT molecular complexity index is 573. The first-order valence-corrected chi connectivity index (χ1v) is 9.27. The predicted octanol–water partition coefficient (Wildman–Crippen LogP) is 2.76. The zero-order chi connectivity index (χ0) is 16.9. The van der Waals surface area contributed by atoms with Crippen LogP contribution in [0.2, 0.25) is 0 Å². The average Bonchev–Trinajstić information content (AvgIpc) is 2.64. The summed E-state index contributed by atoms with van der Waals surface area (Å²) in [5, 5.41) is 18.7. The lowest BCUT2D eigenvalue weighted by Crippen LogP contribution is -2.44. The molecule has 1 aromatic rings. The molecule has 2 aliphatic rings. The fraction of sp³-hybridized carbons (Fsp3) is 0.600. The van der Waals surface area contributed by atoms with Gasteiger partial charge in [-0.1, -0.05) is 12.1 Å². The van der Waals surface area contributed by atoms with Gasteiger partial charge in [0, 0.05) is 11.3 Å². The molecule has 4 N–H and O–H groups in total. The number of nitrogens with zero attached hydrogens (tertiary/aromatic N) is 1. The SMILES string of the molecule is Nc1ccc(C2CCN(C(CO)CO)CC2)cc1C1=CCCCC1. The Morgan fingerprint density at radius 2 is 1.88 bits per heavy atom. The molecule has 1 heterocycles. The van der Waals surface area contributed by atoms with E-state index in [2.05, 4.69) is 29.2 Å². The van der Waals surface area contributed by atoms with Gasteiger partial charge in [-0.05, 0) is 80.8 Å². The Kier molecular flexibility index (Phi) is 5.93. The summed E-state index contributed by atoms with van der Waals surface area (Å²) in [5.74, 6) is 0.544. The molecule has 0 unspecified atom stereocenters. The Hall–Kier alpha value is -1.36. The van der Waals surface area contributed by atoms with Crippen LogP contribution in [0.4, 0.5) is 5.69 Å². The van der Waals surface area contributed by atoms with E-state index in [-0.39, 0.29) is 19.3 Å². The van der Waals surface area contributed by atoms with Crippen LogP contribution in [-0.4, -0.2) is 47.5 Å². The van der Waals surface area contributed by atoms with Crippen molar-refractivity contribution < 1.29 is 10.2 Å². The second kappa shape index (κ2) is 8.15. The van der Waals surface area contributed by atoms with Crippen LogP contribution in [0.1, 0.15) is 55.6 Å². The fourth-order valence-electron chi connectivity index (χ4n) is 4.08. The molecule has 0 saturated carbocycles. The molecule has 24 heavy (non-hydrogen) atoms. The van der Waals surface area contributed by atoms with Gasteiger partial charge in [0.1, 0.15) is 0 Å². The van der Waals surface area contributed by atoms with Crippen LogP contribution in [-0.2, 0) is 0 Å². The van der Waals surface area contributed by atoms with E-state index in [0.717, 1.165) is 38.0 Å². The average molecular weight is 330 g/mol. The summed E-state index contributed by atoms with van der Waals surface area (Å²) in [6.07, 6.45) is 9.35. The first-order chi connectivity index (χ1) is 11.7. The van der Waals surface area contributed by atoms with E-state index in [1.54, 1.807) is 0 Å². The van der Waals surface area contributed by atoms with Gasteiger partial charge >= 0.3 is 0 Å². The van der Waals surface area contributed by atoms with E-state index in [1.165, 1.54) is 36.0 Å². The van der Waals surface area contributed by atoms with Crippen molar-refractivity contribution in [3.05, 3.63) is 35.4 Å². The monoisotopic (exact) mass is 330 g/mol. The van der Waals surface area contributed by atoms with E-state index >= 15 is 0 Å². The molecule has 0 amide bonds. The Balaban J connectivity index is 1.71. The van der Waals surface area contributed by atoms with Gasteiger partial charge in [-0.25, -0.2) is 0 Å². The molecular weight excluding hydrogens is 300 g/mol. The molecule has 1 saturated heterocycles. The zero-order valence-electron chi connectivity index (χ0n) is 14.5. The van der Waals surface area contributed by atoms with Crippen LogP contribution in [0.25, 0.3) is 5.57 Å². The van der Waals surface area contributed by atoms with Crippen LogP contribution in [0.15, 0.2) is 24.3 Å². The van der Waals surface area contributed by atoms with Crippen molar-refractivity contribution in [2.75, 3.05) is 32.0 Å². The lowest BCUT2D eigenvalue weighted by Gasteiger charge is -2.36. The Morgan fingerprint density at radius 3 is 2.50 bits per heavy atom. The van der Waals surface area contributed by atoms with Crippen molar-refractivity contribution in [1.29, 1.82) is 0 Å². The molecule has 1 fully saturated rings. The minimum atomic E-state index is -0.111. The highest BCUT2D eigenvalue weighted by Crippen LogP contribution is 2.35. The standard InChI is InChI=1S/C20H30N2O2/c21-20-7-6-17(12-19(20)16-4-2-1-3-5-16)15-8-10-22(11-9-15)18(13-23)14-24/h4,6-7,12,15,18,23-24H,1-3,5,8-11,13-14,21H2. The summed E-state index contributed by atoms with van der Waals surface area (Å²) in [7, 11) is 0. The number of aliphatic hydroxyl groups is 2. The highest BCUT2D eigenvalue weighted by Gasteiger charge is 2.25. The van der Waals surface area contributed by atoms with E-state index in [0.29, 0.717) is 5.92 Å². The number of aliphatic hydroxyl groups excluding tert-OH is 2. The molecule has 3 rings (SSSR count). The Labute approximate surface area is 145 Å². The largest absolute Gasteiger partial charge is 0.398 e. The number of rotatable bonds is 5. The maximum atomic E-state index is 9.35. The van der Waals surface area contributed by atoms with E-state index < -0.39 is 0 Å². The van der Waals surface area contributed by atoms with Crippen molar-refractivity contribution in [1.82, 2.24) is 4.90 Å². The van der Waals surface area contributed by atoms with Gasteiger partial charge in [0.25, 0.3) is 0 Å². The normalized spacial score (nSPS) is 20.4. The molecule has 0 radical (unpaired) electrons. The van der Waals surface area contributed by atoms with E-state index in [4.69, 9.17) is 5.73 Å². The number of piperidine rings is 1. The predicted molar refractivity (Wildman–Crippen MR) is 98.8 cm³/mol. The van der Waals surface area contributed by atoms with Crippen molar-refractivity contribution in [2.45, 2.75) is 50.5 Å². The zero-order valence-corrected chi connectivity index (χ0v) is 14.5. The topological polar surface area (TPSA) is 69.7 Å². The third-order valence-electron chi connectivity index (χ3n) is 5.65. The first-order valence-electron chi connectivity index (χ1n) is 9.27. The quantitative estimate of drug-likeness (QED) is 0.726. The van der Waals surface area contributed by atoms with Crippen LogP contribution in [0, 0.1) is 0 Å². The Morgan fingerprint density at radius 1 is 1.12 bits per heavy atom. The van der Waals surface area contributed by atoms with Gasteiger partial charge in [0.15, 0.2) is 0 Å². The van der Waals surface area contributed by atoms with Crippen LogP contribution < -0.4 is 5.73 Å². The van der Waals surface area contributed by atoms with Gasteiger partial charge in [0.2, 0.25) is 0 Å². The lowest BCUT2D eigenvalue weighted by atomic mass is 9.85. The number of anilines is 1. The molecule has 0 atom stereocenters. The number of hydrogen-bond acceptors (Lipinski definition) is 4. The molecule has 1 aliphatic heterocycles. The molecule has 0 spiro atoms. The van der Waals surface area contributed by atoms with Crippen molar-refractivity contribution >= 4 is 11.3 Å². The molecule has 1 aliphatic carbocycles. The second-order valence-corrected chi connectivity index (χ2v) is 7.15. The van der Waals surface area contributed by atoms with Crippen LogP contribution in [0.3, 0.4) is 0 Å². The van der Waals surface area contributed by atoms with Crippen molar-refractivity contribution in [3.8, 4) is 0 Å². The number of hydrogen-bond donors (Lipinski definition) is 3. The highest BCUT2D eigenvalue weighted by molar-refractivity contribution is 5.76. The molecular formula is C20H30N2O2. The summed E-state index contributed by atoms with van der Waals surface area (Å²) >= 11 is 0. The first kappa shape index (κ1) is 17.5. The van der Waals surface area contributed by atoms with Gasteiger partial charge < -0.3 is 15.9 Å². The summed E-state index contributed by atoms with van der Waals surface area (Å²) in [6, 6.07) is 6.44. The van der Waals surface area contributed by atoms with Crippen molar-refractivity contribution in [3.63, 3.8) is 0 Å². The number of nitrogens with two attached hydrogens (primary N) is 1. The highest BCUT2D eigenvalue weighted by atomic mass is 16.3. The van der Waals surface area contributed by atoms with Crippen LogP contribution in [0.5, 0.6) is 0 Å². The molecule has 132 valence electrons. The van der Waals surface area contributed by atoms with Gasteiger partial charge in [-0.15, -0.1) is 0 Å². The summed E-state index contributed by atoms with van der Waals surface area (Å²) in [4.78, 5) is 2.21. The molecule has 4 nitrogen and oxygen atoms in total. The minimum Gasteiger partial charge on any atom is -0.398 e. The lowest BCUT2D eigenvalue weighted by molar-refractivity contribution is 0.0570. The van der Waals surface area contributed by atoms with Gasteiger partial charge in [-0.2, -0.15) is 0 Å². The van der Waals surface area contributed by atoms with E-state index in [9.17, 15) is 10.2 Å². The molecule has 0 aromatic heterocycles. The third-order valence-corrected chi connectivity index (χ3v) is 5.65. The molecule has 4 heteroatoms. The number of benzene rings is 1. The molecule has 1 aromatic carbocycles.